The van der Waals surface area contributed by atoms with E-state index in [0.29, 0.717) is 4.73 Å². The van der Waals surface area contributed by atoms with Crippen LogP contribution >= 0.6 is 0 Å². The molecule has 12 heteroatoms. The molecule has 10 nitrogen and oxygen atoms in total. The fourth-order valence-corrected chi connectivity index (χ4v) is 5.24. The number of carbonyl (C=O) groups is 3. The van der Waals surface area contributed by atoms with Crippen molar-refractivity contribution in [3.8, 4) is 11.3 Å². The third-order valence-corrected chi connectivity index (χ3v) is 6.42. The summed E-state index contributed by atoms with van der Waals surface area (Å²) in [5.74, 6) is -4.08. The molecule has 1 spiro atoms. The van der Waals surface area contributed by atoms with Crippen molar-refractivity contribution in [2.24, 2.45) is 5.41 Å². The summed E-state index contributed by atoms with van der Waals surface area (Å²) in [6, 6.07) is -0.659. The highest BCUT2D eigenvalue weighted by Crippen LogP contribution is 2.49. The molecule has 4 amide bonds. The van der Waals surface area contributed by atoms with E-state index in [1.165, 1.54) is 11.0 Å². The Hall–Kier alpha value is -3.67. The number of aromatic nitrogens is 2. The Kier molecular flexibility index (Phi) is 4.60. The number of fused-ring (bicyclic) bond motifs is 4. The number of hydrogen-bond donors (Lipinski definition) is 2. The van der Waals surface area contributed by atoms with Gasteiger partial charge in [0.05, 0.1) is 30.1 Å². The van der Waals surface area contributed by atoms with Gasteiger partial charge < -0.3 is 14.8 Å². The number of amides is 4. The van der Waals surface area contributed by atoms with Gasteiger partial charge in [0.25, 0.3) is 0 Å². The highest BCUT2D eigenvalue weighted by atomic mass is 19.2. The molecular formula is C21H19F2N5O5. The minimum atomic E-state index is -1.83. The van der Waals surface area contributed by atoms with Gasteiger partial charge >= 0.3 is 6.03 Å². The summed E-state index contributed by atoms with van der Waals surface area (Å²) in [6.07, 6.45) is 1.79. The van der Waals surface area contributed by atoms with Crippen LogP contribution in [0.4, 0.5) is 19.3 Å². The summed E-state index contributed by atoms with van der Waals surface area (Å²) in [4.78, 5) is 43.5. The van der Waals surface area contributed by atoms with Crippen LogP contribution in [0.15, 0.2) is 24.7 Å². The van der Waals surface area contributed by atoms with Gasteiger partial charge in [0.15, 0.2) is 23.2 Å². The number of urea groups is 1. The van der Waals surface area contributed by atoms with E-state index in [9.17, 15) is 19.6 Å². The first kappa shape index (κ1) is 21.2. The maximum atomic E-state index is 15.5. The number of ether oxygens (including phenoxy) is 1. The van der Waals surface area contributed by atoms with Gasteiger partial charge in [-0.25, -0.2) is 18.6 Å². The number of anilines is 1. The second-order valence-corrected chi connectivity index (χ2v) is 8.50. The number of benzene rings is 1. The average Bonchev–Trinajstić information content (AvgIpc) is 2.73. The Labute approximate surface area is 186 Å². The quantitative estimate of drug-likeness (QED) is 0.362. The van der Waals surface area contributed by atoms with Crippen molar-refractivity contribution in [1.82, 2.24) is 15.6 Å². The normalized spacial score (nSPS) is 25.9. The molecule has 0 unspecified atom stereocenters. The number of carbonyl (C=O) groups excluding carboxylic acids is 3. The molecule has 2 fully saturated rings. The number of morpholine rings is 1. The maximum Gasteiger partial charge on any atom is 0.328 e. The van der Waals surface area contributed by atoms with Crippen molar-refractivity contribution >= 4 is 23.5 Å². The minimum Gasteiger partial charge on any atom is -0.619 e. The Bertz CT molecular complexity index is 1200. The van der Waals surface area contributed by atoms with Crippen LogP contribution in [0.25, 0.3) is 11.3 Å². The van der Waals surface area contributed by atoms with Crippen LogP contribution in [0.3, 0.4) is 0 Å². The van der Waals surface area contributed by atoms with Gasteiger partial charge in [-0.3, -0.25) is 20.2 Å². The second-order valence-electron chi connectivity index (χ2n) is 8.50. The van der Waals surface area contributed by atoms with E-state index in [1.807, 2.05) is 0 Å². The van der Waals surface area contributed by atoms with Crippen LogP contribution in [-0.2, 0) is 20.7 Å². The molecule has 3 atom stereocenters. The number of nitrogens with zero attached hydrogens (tertiary/aromatic N) is 3. The predicted molar refractivity (Wildman–Crippen MR) is 108 cm³/mol. The van der Waals surface area contributed by atoms with Crippen molar-refractivity contribution in [2.75, 3.05) is 11.4 Å². The molecule has 2 N–H and O–H groups in total. The van der Waals surface area contributed by atoms with E-state index in [0.717, 1.165) is 18.6 Å². The first-order valence-corrected chi connectivity index (χ1v) is 10.3. The monoisotopic (exact) mass is 459 g/mol. The molecule has 1 aromatic carbocycles. The maximum absolute atomic E-state index is 15.5. The molecule has 2 saturated heterocycles. The summed E-state index contributed by atoms with van der Waals surface area (Å²) in [7, 11) is 0. The van der Waals surface area contributed by atoms with Gasteiger partial charge in [-0.2, -0.15) is 4.73 Å². The largest absolute Gasteiger partial charge is 0.619 e. The molecule has 4 heterocycles. The SMILES string of the molecule is C[C@@H]1CN2c3c(cc(-c4c[n+]([O-])ccn4)c(F)c3F)CC3(C(=O)NC(=O)NC3=O)[C@H]2[C@H](C)O1. The van der Waals surface area contributed by atoms with Crippen LogP contribution in [0, 0.1) is 22.3 Å². The van der Waals surface area contributed by atoms with E-state index in [4.69, 9.17) is 4.74 Å². The van der Waals surface area contributed by atoms with Crippen molar-refractivity contribution in [3.63, 3.8) is 0 Å². The van der Waals surface area contributed by atoms with E-state index >= 15 is 8.78 Å². The van der Waals surface area contributed by atoms with E-state index in [1.54, 1.807) is 13.8 Å². The Balaban J connectivity index is 1.76. The summed E-state index contributed by atoms with van der Waals surface area (Å²) >= 11 is 0. The highest BCUT2D eigenvalue weighted by Gasteiger charge is 2.63. The lowest BCUT2D eigenvalue weighted by Gasteiger charge is -2.55. The van der Waals surface area contributed by atoms with E-state index in [-0.39, 0.29) is 35.5 Å². The zero-order valence-electron chi connectivity index (χ0n) is 17.6. The molecule has 0 radical (unpaired) electrons. The number of hydrogen-bond acceptors (Lipinski definition) is 7. The minimum absolute atomic E-state index is 0.0815. The zero-order valence-corrected chi connectivity index (χ0v) is 17.6. The third-order valence-electron chi connectivity index (χ3n) is 6.42. The topological polar surface area (TPSA) is 128 Å². The zero-order chi connectivity index (χ0) is 23.7. The lowest BCUT2D eigenvalue weighted by Crippen LogP contribution is -2.75. The van der Waals surface area contributed by atoms with Gasteiger partial charge in [0.1, 0.15) is 5.69 Å². The van der Waals surface area contributed by atoms with Crippen LogP contribution in [0.1, 0.15) is 19.4 Å². The molecule has 0 saturated carbocycles. The summed E-state index contributed by atoms with van der Waals surface area (Å²) in [6.45, 7) is 3.46. The first-order valence-electron chi connectivity index (χ1n) is 10.3. The van der Waals surface area contributed by atoms with Crippen LogP contribution in [-0.4, -0.2) is 47.6 Å². The smallest absolute Gasteiger partial charge is 0.328 e. The van der Waals surface area contributed by atoms with Crippen molar-refractivity contribution in [3.05, 3.63) is 47.1 Å². The van der Waals surface area contributed by atoms with Crippen LogP contribution < -0.4 is 20.3 Å². The lowest BCUT2D eigenvalue weighted by atomic mass is 9.66. The van der Waals surface area contributed by atoms with Crippen LogP contribution in [0.2, 0.25) is 0 Å². The van der Waals surface area contributed by atoms with E-state index < -0.39 is 53.1 Å². The number of halogens is 2. The number of nitrogens with one attached hydrogen (secondary N) is 2. The molecule has 2 aromatic rings. The van der Waals surface area contributed by atoms with Crippen molar-refractivity contribution in [2.45, 2.75) is 38.5 Å². The molecule has 33 heavy (non-hydrogen) atoms. The summed E-state index contributed by atoms with van der Waals surface area (Å²) in [5, 5.41) is 15.9. The molecule has 5 rings (SSSR count). The summed E-state index contributed by atoms with van der Waals surface area (Å²) < 4.78 is 37.0. The van der Waals surface area contributed by atoms with Gasteiger partial charge in [-0.1, -0.05) is 0 Å². The molecule has 3 aliphatic rings. The van der Waals surface area contributed by atoms with Crippen LogP contribution in [0.5, 0.6) is 0 Å². The number of barbiturate groups is 1. The van der Waals surface area contributed by atoms with Crippen molar-refractivity contribution < 1.29 is 32.6 Å². The summed E-state index contributed by atoms with van der Waals surface area (Å²) in [5.41, 5.74) is -2.14. The average molecular weight is 459 g/mol. The highest BCUT2D eigenvalue weighted by molar-refractivity contribution is 6.20. The Morgan fingerprint density at radius 1 is 1.21 bits per heavy atom. The second kappa shape index (κ2) is 7.17. The lowest BCUT2D eigenvalue weighted by molar-refractivity contribution is -0.605. The van der Waals surface area contributed by atoms with Crippen molar-refractivity contribution in [1.29, 1.82) is 0 Å². The molecule has 3 aliphatic heterocycles. The fraction of sp³-hybridized carbons (Fsp3) is 0.381. The van der Waals surface area contributed by atoms with Gasteiger partial charge in [-0.05, 0) is 25.5 Å². The van der Waals surface area contributed by atoms with Gasteiger partial charge in [0, 0.05) is 18.5 Å². The fourth-order valence-electron chi connectivity index (χ4n) is 5.24. The molecule has 1 aromatic heterocycles. The molecule has 172 valence electrons. The first-order chi connectivity index (χ1) is 15.6. The number of imide groups is 2. The molecule has 0 aliphatic carbocycles. The standard InChI is InChI=1S/C21H19F2N5O5/c1-9-7-28-16-11(5-12(14(22)15(16)23)13-8-27(32)4-3-24-13)6-21(17(28)10(2)33-9)18(29)25-20(31)26-19(21)30/h3-5,8-10,17H,6-7H2,1-2H3,(H2,25,26,29,30,31)/t9-,10+,17-/m1/s1. The molecular weight excluding hydrogens is 440 g/mol. The third kappa shape index (κ3) is 2.97. The Morgan fingerprint density at radius 2 is 1.91 bits per heavy atom. The van der Waals surface area contributed by atoms with Gasteiger partial charge in [0.2, 0.25) is 18.0 Å². The van der Waals surface area contributed by atoms with Gasteiger partial charge in [-0.15, -0.1) is 0 Å². The Morgan fingerprint density at radius 3 is 2.58 bits per heavy atom. The molecule has 0 bridgehead atoms. The number of rotatable bonds is 1. The predicted octanol–water partition coefficient (Wildman–Crippen LogP) is 0.551. The van der Waals surface area contributed by atoms with E-state index in [2.05, 4.69) is 15.6 Å².